The number of nitrogen functional groups attached to an aromatic ring is 1. The van der Waals surface area contributed by atoms with E-state index < -0.39 is 5.91 Å². The van der Waals surface area contributed by atoms with E-state index in [0.717, 1.165) is 5.56 Å². The molecule has 0 unspecified atom stereocenters. The summed E-state index contributed by atoms with van der Waals surface area (Å²) in [5.41, 5.74) is 7.77. The van der Waals surface area contributed by atoms with E-state index in [9.17, 15) is 9.90 Å². The average Bonchev–Trinajstić information content (AvgIpc) is 2.40. The number of aromatic hydroxyl groups is 1. The molecule has 0 radical (unpaired) electrons. The van der Waals surface area contributed by atoms with Crippen molar-refractivity contribution >= 4 is 17.3 Å². The molecule has 0 saturated carbocycles. The summed E-state index contributed by atoms with van der Waals surface area (Å²) in [5.74, 6) is -0.00700. The number of hydrogen-bond donors (Lipinski definition) is 3. The van der Waals surface area contributed by atoms with Crippen molar-refractivity contribution in [2.45, 2.75) is 6.92 Å². The minimum atomic E-state index is -0.412. The molecular formula is C15H16N2O3. The first kappa shape index (κ1) is 13.7. The van der Waals surface area contributed by atoms with Crippen LogP contribution in [0.2, 0.25) is 0 Å². The monoisotopic (exact) mass is 272 g/mol. The molecule has 2 rings (SSSR count). The number of phenolic OH excluding ortho intramolecular Hbond substituents is 1. The van der Waals surface area contributed by atoms with Crippen LogP contribution in [0.1, 0.15) is 15.9 Å². The second-order valence-corrected chi connectivity index (χ2v) is 4.43. The molecule has 0 aliphatic carbocycles. The number of rotatable bonds is 3. The Labute approximate surface area is 117 Å². The summed E-state index contributed by atoms with van der Waals surface area (Å²) in [4.78, 5) is 12.1. The van der Waals surface area contributed by atoms with Gasteiger partial charge in [-0.25, -0.2) is 0 Å². The highest BCUT2D eigenvalue weighted by molar-refractivity contribution is 6.06. The molecule has 0 atom stereocenters. The van der Waals surface area contributed by atoms with Gasteiger partial charge in [-0.15, -0.1) is 0 Å². The number of ether oxygens (including phenoxy) is 1. The third-order valence-electron chi connectivity index (χ3n) is 2.87. The highest BCUT2D eigenvalue weighted by Crippen LogP contribution is 2.28. The van der Waals surface area contributed by atoms with Crippen LogP contribution < -0.4 is 15.8 Å². The molecule has 2 aromatic rings. The summed E-state index contributed by atoms with van der Waals surface area (Å²) in [7, 11) is 1.49. The van der Waals surface area contributed by atoms with Gasteiger partial charge in [-0.1, -0.05) is 6.07 Å². The van der Waals surface area contributed by atoms with Gasteiger partial charge in [0, 0.05) is 11.8 Å². The zero-order chi connectivity index (χ0) is 14.7. The number of nitrogens with one attached hydrogen (secondary N) is 1. The molecule has 1 amide bonds. The van der Waals surface area contributed by atoms with Gasteiger partial charge < -0.3 is 20.9 Å². The molecule has 0 fully saturated rings. The second-order valence-electron chi connectivity index (χ2n) is 4.43. The Morgan fingerprint density at radius 3 is 2.65 bits per heavy atom. The predicted octanol–water partition coefficient (Wildman–Crippen LogP) is 2.54. The lowest BCUT2D eigenvalue weighted by Crippen LogP contribution is -2.13. The Morgan fingerprint density at radius 2 is 2.00 bits per heavy atom. The van der Waals surface area contributed by atoms with Crippen LogP contribution in [0.5, 0.6) is 11.5 Å². The second kappa shape index (κ2) is 5.52. The summed E-state index contributed by atoms with van der Waals surface area (Å²) in [6.07, 6.45) is 0. The SMILES string of the molecule is COc1cc(N)ccc1NC(=O)c1ccc(C)cc1O. The molecule has 2 aromatic carbocycles. The van der Waals surface area contributed by atoms with Gasteiger partial charge in [0.15, 0.2) is 0 Å². The quantitative estimate of drug-likeness (QED) is 0.750. The van der Waals surface area contributed by atoms with Gasteiger partial charge in [0.2, 0.25) is 0 Å². The molecular weight excluding hydrogens is 256 g/mol. The maximum Gasteiger partial charge on any atom is 0.259 e. The van der Waals surface area contributed by atoms with Crippen LogP contribution in [0.4, 0.5) is 11.4 Å². The number of methoxy groups -OCH3 is 1. The number of hydrogen-bond acceptors (Lipinski definition) is 4. The Kier molecular flexibility index (Phi) is 3.79. The Hall–Kier alpha value is -2.69. The Morgan fingerprint density at radius 1 is 1.25 bits per heavy atom. The van der Waals surface area contributed by atoms with Crippen LogP contribution in [0.15, 0.2) is 36.4 Å². The highest BCUT2D eigenvalue weighted by Gasteiger charge is 2.13. The molecule has 20 heavy (non-hydrogen) atoms. The molecule has 0 spiro atoms. The summed E-state index contributed by atoms with van der Waals surface area (Å²) in [6.45, 7) is 1.84. The third-order valence-corrected chi connectivity index (χ3v) is 2.87. The predicted molar refractivity (Wildman–Crippen MR) is 78.2 cm³/mol. The van der Waals surface area contributed by atoms with Gasteiger partial charge in [0.25, 0.3) is 5.91 Å². The lowest BCUT2D eigenvalue weighted by atomic mass is 10.1. The van der Waals surface area contributed by atoms with Crippen molar-refractivity contribution in [3.63, 3.8) is 0 Å². The fraction of sp³-hybridized carbons (Fsp3) is 0.133. The highest BCUT2D eigenvalue weighted by atomic mass is 16.5. The molecule has 104 valence electrons. The first-order valence-electron chi connectivity index (χ1n) is 6.05. The van der Waals surface area contributed by atoms with E-state index in [1.165, 1.54) is 13.2 Å². The van der Waals surface area contributed by atoms with Gasteiger partial charge in [-0.2, -0.15) is 0 Å². The van der Waals surface area contributed by atoms with E-state index >= 15 is 0 Å². The standard InChI is InChI=1S/C15H16N2O3/c1-9-3-5-11(13(18)7-9)15(19)17-12-6-4-10(16)8-14(12)20-2/h3-8,18H,16H2,1-2H3,(H,17,19). The molecule has 5 heteroatoms. The zero-order valence-electron chi connectivity index (χ0n) is 11.3. The van der Waals surface area contributed by atoms with Crippen LogP contribution in [-0.4, -0.2) is 18.1 Å². The van der Waals surface area contributed by atoms with Crippen molar-refractivity contribution in [2.75, 3.05) is 18.2 Å². The van der Waals surface area contributed by atoms with Gasteiger partial charge in [0.05, 0.1) is 18.4 Å². The van der Waals surface area contributed by atoms with E-state index in [2.05, 4.69) is 5.32 Å². The van der Waals surface area contributed by atoms with Gasteiger partial charge in [0.1, 0.15) is 11.5 Å². The molecule has 0 bridgehead atoms. The van der Waals surface area contributed by atoms with Crippen molar-refractivity contribution in [1.29, 1.82) is 0 Å². The normalized spacial score (nSPS) is 10.1. The maximum absolute atomic E-state index is 12.1. The van der Waals surface area contributed by atoms with Gasteiger partial charge in [-0.3, -0.25) is 4.79 Å². The van der Waals surface area contributed by atoms with Crippen LogP contribution in [0.3, 0.4) is 0 Å². The van der Waals surface area contributed by atoms with Crippen molar-refractivity contribution in [2.24, 2.45) is 0 Å². The maximum atomic E-state index is 12.1. The molecule has 0 aliphatic heterocycles. The summed E-state index contributed by atoms with van der Waals surface area (Å²) < 4.78 is 5.16. The molecule has 0 aliphatic rings. The summed E-state index contributed by atoms with van der Waals surface area (Å²) in [5, 5.41) is 12.5. The average molecular weight is 272 g/mol. The fourth-order valence-electron chi connectivity index (χ4n) is 1.83. The number of carbonyl (C=O) groups is 1. The van der Waals surface area contributed by atoms with E-state index in [0.29, 0.717) is 17.1 Å². The van der Waals surface area contributed by atoms with E-state index in [1.807, 2.05) is 6.92 Å². The molecule has 0 heterocycles. The number of carbonyl (C=O) groups excluding carboxylic acids is 1. The number of aryl methyl sites for hydroxylation is 1. The van der Waals surface area contributed by atoms with Crippen molar-refractivity contribution in [3.05, 3.63) is 47.5 Å². The van der Waals surface area contributed by atoms with Crippen molar-refractivity contribution in [1.82, 2.24) is 0 Å². The van der Waals surface area contributed by atoms with Crippen molar-refractivity contribution < 1.29 is 14.6 Å². The number of benzene rings is 2. The molecule has 5 nitrogen and oxygen atoms in total. The Balaban J connectivity index is 2.28. The lowest BCUT2D eigenvalue weighted by Gasteiger charge is -2.11. The lowest BCUT2D eigenvalue weighted by molar-refractivity contribution is 0.102. The summed E-state index contributed by atoms with van der Waals surface area (Å²) in [6, 6.07) is 9.79. The summed E-state index contributed by atoms with van der Waals surface area (Å²) >= 11 is 0. The third kappa shape index (κ3) is 2.83. The van der Waals surface area contributed by atoms with Crippen LogP contribution >= 0.6 is 0 Å². The minimum Gasteiger partial charge on any atom is -0.507 e. The van der Waals surface area contributed by atoms with E-state index in [-0.39, 0.29) is 11.3 Å². The minimum absolute atomic E-state index is 0.0584. The number of anilines is 2. The first-order valence-corrected chi connectivity index (χ1v) is 6.05. The van der Waals surface area contributed by atoms with E-state index in [1.54, 1.807) is 30.3 Å². The van der Waals surface area contributed by atoms with Crippen LogP contribution in [-0.2, 0) is 0 Å². The van der Waals surface area contributed by atoms with Gasteiger partial charge in [-0.05, 0) is 36.8 Å². The zero-order valence-corrected chi connectivity index (χ0v) is 11.3. The number of phenols is 1. The first-order chi connectivity index (χ1) is 9.51. The topological polar surface area (TPSA) is 84.6 Å². The molecule has 4 N–H and O–H groups in total. The van der Waals surface area contributed by atoms with Crippen LogP contribution in [0, 0.1) is 6.92 Å². The van der Waals surface area contributed by atoms with Gasteiger partial charge >= 0.3 is 0 Å². The fourth-order valence-corrected chi connectivity index (χ4v) is 1.83. The number of nitrogens with two attached hydrogens (primary N) is 1. The Bertz CT molecular complexity index is 654. The molecule has 0 aromatic heterocycles. The largest absolute Gasteiger partial charge is 0.507 e. The molecule has 0 saturated heterocycles. The van der Waals surface area contributed by atoms with Crippen LogP contribution in [0.25, 0.3) is 0 Å². The smallest absolute Gasteiger partial charge is 0.259 e. The van der Waals surface area contributed by atoms with Crippen molar-refractivity contribution in [3.8, 4) is 11.5 Å². The number of amides is 1. The van der Waals surface area contributed by atoms with E-state index in [4.69, 9.17) is 10.5 Å².